The zero-order valence-electron chi connectivity index (χ0n) is 16.8. The Morgan fingerprint density at radius 3 is 2.29 bits per heavy atom. The van der Waals surface area contributed by atoms with E-state index in [2.05, 4.69) is 12.2 Å². The minimum atomic E-state index is -0.0612. The number of hydrogen-bond acceptors (Lipinski definition) is 3. The van der Waals surface area contributed by atoms with Crippen molar-refractivity contribution in [3.05, 3.63) is 24.2 Å². The van der Waals surface area contributed by atoms with Crippen molar-refractivity contribution in [3.8, 4) is 0 Å². The Morgan fingerprint density at radius 2 is 1.75 bits per heavy atom. The van der Waals surface area contributed by atoms with Gasteiger partial charge in [0.15, 0.2) is 11.8 Å². The molecule has 1 saturated heterocycles. The third kappa shape index (κ3) is 3.25. The predicted molar refractivity (Wildman–Crippen MR) is 104 cm³/mol. The highest BCUT2D eigenvalue weighted by atomic mass is 16.3. The second kappa shape index (κ2) is 6.90. The molecule has 2 N–H and O–H groups in total. The van der Waals surface area contributed by atoms with Crippen LogP contribution in [0.3, 0.4) is 0 Å². The number of carbonyl (C=O) groups is 2. The molecule has 0 unspecified atom stereocenters. The monoisotopic (exact) mass is 386 g/mol. The van der Waals surface area contributed by atoms with E-state index in [0.29, 0.717) is 18.8 Å². The standard InChI is InChI=1S/C22H31N3O3/c1-15(24-4-6-25(7-5-24)21(27)19-3-2-8-28-19)20(26)23-22-12-16-9-17(13-22)11-18(10-16)14-22/h2-3,8,15-18H,4-7,9-14H2,1H3,(H,23,26)/p+1/t15-,16?,17?,18?,22?/m0/s1. The molecular weight excluding hydrogens is 354 g/mol. The molecule has 152 valence electrons. The van der Waals surface area contributed by atoms with Crippen LogP contribution >= 0.6 is 0 Å². The summed E-state index contributed by atoms with van der Waals surface area (Å²) in [6, 6.07) is 3.39. The lowest BCUT2D eigenvalue weighted by atomic mass is 9.53. The van der Waals surface area contributed by atoms with E-state index in [4.69, 9.17) is 4.42 Å². The number of furan rings is 1. The Balaban J connectivity index is 1.17. The molecule has 1 aromatic heterocycles. The maximum absolute atomic E-state index is 13.1. The quantitative estimate of drug-likeness (QED) is 0.814. The van der Waals surface area contributed by atoms with Gasteiger partial charge in [0.05, 0.1) is 32.4 Å². The predicted octanol–water partition coefficient (Wildman–Crippen LogP) is 1.09. The van der Waals surface area contributed by atoms with Crippen molar-refractivity contribution in [1.29, 1.82) is 0 Å². The second-order valence-electron chi connectivity index (χ2n) is 9.84. The molecule has 4 bridgehead atoms. The summed E-state index contributed by atoms with van der Waals surface area (Å²) in [6.07, 6.45) is 9.28. The van der Waals surface area contributed by atoms with Gasteiger partial charge in [-0.3, -0.25) is 9.59 Å². The zero-order valence-corrected chi connectivity index (χ0v) is 16.8. The summed E-state index contributed by atoms with van der Waals surface area (Å²) in [5.74, 6) is 3.08. The minimum absolute atomic E-state index is 0.0466. The summed E-state index contributed by atoms with van der Waals surface area (Å²) < 4.78 is 5.23. The van der Waals surface area contributed by atoms with Crippen molar-refractivity contribution in [2.24, 2.45) is 17.8 Å². The van der Waals surface area contributed by atoms with Crippen LogP contribution in [0.1, 0.15) is 56.0 Å². The van der Waals surface area contributed by atoms with Gasteiger partial charge >= 0.3 is 0 Å². The van der Waals surface area contributed by atoms with E-state index in [0.717, 1.165) is 30.8 Å². The molecule has 1 aromatic rings. The molecule has 6 nitrogen and oxygen atoms in total. The Kier molecular flexibility index (Phi) is 4.49. The van der Waals surface area contributed by atoms with Crippen molar-refractivity contribution >= 4 is 11.8 Å². The molecule has 5 fully saturated rings. The first-order valence-electron chi connectivity index (χ1n) is 11.0. The van der Waals surface area contributed by atoms with E-state index in [-0.39, 0.29) is 23.4 Å². The van der Waals surface area contributed by atoms with Gasteiger partial charge in [-0.15, -0.1) is 0 Å². The molecule has 4 saturated carbocycles. The van der Waals surface area contributed by atoms with Gasteiger partial charge in [0.2, 0.25) is 0 Å². The third-order valence-corrected chi connectivity index (χ3v) is 7.86. The molecule has 4 aliphatic carbocycles. The van der Waals surface area contributed by atoms with E-state index in [1.54, 1.807) is 12.1 Å². The average molecular weight is 387 g/mol. The summed E-state index contributed by atoms with van der Waals surface area (Å²) in [4.78, 5) is 28.7. The molecule has 2 heterocycles. The number of piperazine rings is 1. The van der Waals surface area contributed by atoms with Crippen LogP contribution in [0.5, 0.6) is 0 Å². The second-order valence-corrected chi connectivity index (χ2v) is 9.84. The molecule has 1 aliphatic heterocycles. The van der Waals surface area contributed by atoms with Gasteiger partial charge in [0.1, 0.15) is 0 Å². The van der Waals surface area contributed by atoms with Crippen molar-refractivity contribution in [3.63, 3.8) is 0 Å². The molecule has 6 rings (SSSR count). The van der Waals surface area contributed by atoms with Gasteiger partial charge in [-0.25, -0.2) is 0 Å². The summed E-state index contributed by atoms with van der Waals surface area (Å²) in [6.45, 7) is 5.01. The molecule has 6 heteroatoms. The average Bonchev–Trinajstić information content (AvgIpc) is 3.20. The van der Waals surface area contributed by atoms with Crippen LogP contribution in [0.2, 0.25) is 0 Å². The van der Waals surface area contributed by atoms with Crippen LogP contribution in [0.4, 0.5) is 0 Å². The number of nitrogens with one attached hydrogen (secondary N) is 2. The van der Waals surface area contributed by atoms with Crippen LogP contribution < -0.4 is 10.2 Å². The Hall–Kier alpha value is -1.82. The number of hydrogen-bond donors (Lipinski definition) is 2. The molecule has 0 radical (unpaired) electrons. The van der Waals surface area contributed by atoms with E-state index < -0.39 is 0 Å². The smallest absolute Gasteiger partial charge is 0.289 e. The fourth-order valence-corrected chi connectivity index (χ4v) is 6.80. The van der Waals surface area contributed by atoms with E-state index in [1.165, 1.54) is 49.7 Å². The highest BCUT2D eigenvalue weighted by molar-refractivity contribution is 5.91. The summed E-state index contributed by atoms with van der Waals surface area (Å²) in [7, 11) is 0. The van der Waals surface area contributed by atoms with Crippen LogP contribution in [-0.2, 0) is 4.79 Å². The van der Waals surface area contributed by atoms with E-state index >= 15 is 0 Å². The first kappa shape index (κ1) is 18.2. The third-order valence-electron chi connectivity index (χ3n) is 7.86. The highest BCUT2D eigenvalue weighted by Gasteiger charge is 2.52. The van der Waals surface area contributed by atoms with Gasteiger partial charge in [-0.1, -0.05) is 0 Å². The van der Waals surface area contributed by atoms with Gasteiger partial charge in [0.25, 0.3) is 11.8 Å². The number of amides is 2. The van der Waals surface area contributed by atoms with E-state index in [1.807, 2.05) is 4.90 Å². The topological polar surface area (TPSA) is 67.0 Å². The maximum atomic E-state index is 13.1. The number of nitrogens with zero attached hydrogens (tertiary/aromatic N) is 1. The lowest BCUT2D eigenvalue weighted by molar-refractivity contribution is -0.918. The van der Waals surface area contributed by atoms with Gasteiger partial charge in [-0.05, 0) is 75.3 Å². The summed E-state index contributed by atoms with van der Waals surface area (Å²) in [5, 5.41) is 3.52. The largest absolute Gasteiger partial charge is 0.459 e. The molecule has 5 aliphatic rings. The normalized spacial score (nSPS) is 35.8. The first-order valence-corrected chi connectivity index (χ1v) is 11.0. The first-order chi connectivity index (χ1) is 13.5. The van der Waals surface area contributed by atoms with Crippen molar-refractivity contribution in [2.75, 3.05) is 26.2 Å². The Morgan fingerprint density at radius 1 is 1.14 bits per heavy atom. The van der Waals surface area contributed by atoms with Gasteiger partial charge in [-0.2, -0.15) is 0 Å². The number of quaternary nitrogens is 1. The van der Waals surface area contributed by atoms with Gasteiger partial charge in [0, 0.05) is 5.54 Å². The van der Waals surface area contributed by atoms with Crippen molar-refractivity contribution in [1.82, 2.24) is 10.2 Å². The van der Waals surface area contributed by atoms with Crippen LogP contribution in [0.25, 0.3) is 0 Å². The lowest BCUT2D eigenvalue weighted by Gasteiger charge is -2.57. The molecule has 1 atom stereocenters. The maximum Gasteiger partial charge on any atom is 0.289 e. The summed E-state index contributed by atoms with van der Waals surface area (Å²) in [5.41, 5.74) is 0.0800. The van der Waals surface area contributed by atoms with Crippen LogP contribution in [0.15, 0.2) is 22.8 Å². The lowest BCUT2D eigenvalue weighted by Crippen LogP contribution is -3.19. The highest BCUT2D eigenvalue weighted by Crippen LogP contribution is 2.55. The molecule has 0 spiro atoms. The summed E-state index contributed by atoms with van der Waals surface area (Å²) >= 11 is 0. The Bertz CT molecular complexity index is 701. The fraction of sp³-hybridized carbons (Fsp3) is 0.727. The Labute approximate surface area is 166 Å². The molecular formula is C22H32N3O3+. The molecule has 0 aromatic carbocycles. The van der Waals surface area contributed by atoms with Crippen molar-refractivity contribution < 1.29 is 18.9 Å². The number of rotatable bonds is 4. The fourth-order valence-electron chi connectivity index (χ4n) is 6.80. The van der Waals surface area contributed by atoms with Crippen molar-refractivity contribution in [2.45, 2.75) is 57.0 Å². The molecule has 28 heavy (non-hydrogen) atoms. The van der Waals surface area contributed by atoms with E-state index in [9.17, 15) is 9.59 Å². The minimum Gasteiger partial charge on any atom is -0.459 e. The van der Waals surface area contributed by atoms with Crippen LogP contribution in [0, 0.1) is 17.8 Å². The number of carbonyl (C=O) groups excluding carboxylic acids is 2. The van der Waals surface area contributed by atoms with Crippen LogP contribution in [-0.4, -0.2) is 54.5 Å². The van der Waals surface area contributed by atoms with Gasteiger partial charge < -0.3 is 19.5 Å². The zero-order chi connectivity index (χ0) is 19.3. The molecule has 2 amide bonds. The SMILES string of the molecule is C[C@@H](C(=O)NC12CC3CC(CC(C3)C1)C2)[NH+]1CCN(C(=O)c2ccco2)CC1.